The van der Waals surface area contributed by atoms with Crippen LogP contribution in [0.15, 0.2) is 18.2 Å². The SMILES string of the molecule is CC(C)C(Nc1ccc(C(F)(F)F)cc1Cl)C(=O)O. The number of carboxylic acid groups (broad SMARTS) is 1. The van der Waals surface area contributed by atoms with Crippen molar-refractivity contribution in [3.05, 3.63) is 28.8 Å². The lowest BCUT2D eigenvalue weighted by atomic mass is 10.0. The summed E-state index contributed by atoms with van der Waals surface area (Å²) in [5.41, 5.74) is -0.713. The Bertz CT molecular complexity index is 475. The molecule has 1 rings (SSSR count). The van der Waals surface area contributed by atoms with Crippen molar-refractivity contribution < 1.29 is 23.1 Å². The fourth-order valence-electron chi connectivity index (χ4n) is 1.49. The zero-order chi connectivity index (χ0) is 14.8. The summed E-state index contributed by atoms with van der Waals surface area (Å²) < 4.78 is 37.3. The van der Waals surface area contributed by atoms with Gasteiger partial charge in [-0.3, -0.25) is 0 Å². The number of alkyl halides is 3. The summed E-state index contributed by atoms with van der Waals surface area (Å²) in [6.45, 7) is 3.37. The largest absolute Gasteiger partial charge is 0.480 e. The van der Waals surface area contributed by atoms with E-state index in [4.69, 9.17) is 16.7 Å². The molecule has 1 unspecified atom stereocenters. The van der Waals surface area contributed by atoms with E-state index in [0.29, 0.717) is 0 Å². The molecule has 0 aliphatic rings. The highest BCUT2D eigenvalue weighted by atomic mass is 35.5. The Labute approximate surface area is 113 Å². The Balaban J connectivity index is 3.00. The number of anilines is 1. The van der Waals surface area contributed by atoms with E-state index in [1.807, 2.05) is 0 Å². The van der Waals surface area contributed by atoms with Crippen LogP contribution >= 0.6 is 11.6 Å². The normalized spacial score (nSPS) is 13.4. The zero-order valence-electron chi connectivity index (χ0n) is 10.3. The minimum absolute atomic E-state index is 0.163. The molecule has 0 radical (unpaired) electrons. The first-order valence-electron chi connectivity index (χ1n) is 5.49. The Morgan fingerprint density at radius 3 is 2.32 bits per heavy atom. The van der Waals surface area contributed by atoms with Crippen molar-refractivity contribution >= 4 is 23.3 Å². The van der Waals surface area contributed by atoms with E-state index in [-0.39, 0.29) is 16.6 Å². The van der Waals surface area contributed by atoms with Crippen molar-refractivity contribution in [3.63, 3.8) is 0 Å². The van der Waals surface area contributed by atoms with E-state index in [2.05, 4.69) is 5.32 Å². The summed E-state index contributed by atoms with van der Waals surface area (Å²) in [6.07, 6.45) is -4.48. The van der Waals surface area contributed by atoms with Gasteiger partial charge in [-0.05, 0) is 24.1 Å². The maximum atomic E-state index is 12.4. The average molecular weight is 296 g/mol. The molecule has 3 nitrogen and oxygen atoms in total. The molecule has 106 valence electrons. The third kappa shape index (κ3) is 4.02. The second-order valence-corrected chi connectivity index (χ2v) is 4.80. The number of halogens is 4. The fraction of sp³-hybridized carbons (Fsp3) is 0.417. The van der Waals surface area contributed by atoms with Gasteiger partial charge in [-0.1, -0.05) is 25.4 Å². The monoisotopic (exact) mass is 295 g/mol. The molecular weight excluding hydrogens is 283 g/mol. The molecule has 2 N–H and O–H groups in total. The van der Waals surface area contributed by atoms with Crippen LogP contribution in [0.25, 0.3) is 0 Å². The topological polar surface area (TPSA) is 49.3 Å². The first-order valence-corrected chi connectivity index (χ1v) is 5.87. The second kappa shape index (κ2) is 5.69. The number of rotatable bonds is 4. The van der Waals surface area contributed by atoms with Crippen LogP contribution in [-0.2, 0) is 11.0 Å². The van der Waals surface area contributed by atoms with Gasteiger partial charge in [0.05, 0.1) is 16.3 Å². The predicted octanol–water partition coefficient (Wildman–Crippen LogP) is 3.88. The van der Waals surface area contributed by atoms with Crippen molar-refractivity contribution in [1.29, 1.82) is 0 Å². The van der Waals surface area contributed by atoms with Crippen molar-refractivity contribution in [2.75, 3.05) is 5.32 Å². The van der Waals surface area contributed by atoms with Gasteiger partial charge in [-0.2, -0.15) is 13.2 Å². The van der Waals surface area contributed by atoms with Gasteiger partial charge in [-0.15, -0.1) is 0 Å². The van der Waals surface area contributed by atoms with Crippen LogP contribution in [0.1, 0.15) is 19.4 Å². The Kier molecular flexibility index (Phi) is 4.68. The van der Waals surface area contributed by atoms with Crippen molar-refractivity contribution in [2.45, 2.75) is 26.1 Å². The second-order valence-electron chi connectivity index (χ2n) is 4.40. The quantitative estimate of drug-likeness (QED) is 0.886. The standard InChI is InChI=1S/C12H13ClF3NO2/c1-6(2)10(11(18)19)17-9-4-3-7(5-8(9)13)12(14,15)16/h3-6,10,17H,1-2H3,(H,18,19). The molecule has 0 fully saturated rings. The number of carboxylic acids is 1. The highest BCUT2D eigenvalue weighted by Gasteiger charge is 2.31. The summed E-state index contributed by atoms with van der Waals surface area (Å²) in [7, 11) is 0. The fourth-order valence-corrected chi connectivity index (χ4v) is 1.72. The van der Waals surface area contributed by atoms with E-state index >= 15 is 0 Å². The zero-order valence-corrected chi connectivity index (χ0v) is 11.0. The highest BCUT2D eigenvalue weighted by molar-refractivity contribution is 6.33. The minimum atomic E-state index is -4.48. The highest BCUT2D eigenvalue weighted by Crippen LogP contribution is 2.34. The van der Waals surface area contributed by atoms with Crippen LogP contribution in [0.4, 0.5) is 18.9 Å². The third-order valence-electron chi connectivity index (χ3n) is 2.54. The van der Waals surface area contributed by atoms with E-state index in [0.717, 1.165) is 18.2 Å². The van der Waals surface area contributed by atoms with E-state index in [1.165, 1.54) is 0 Å². The molecule has 1 aromatic rings. The smallest absolute Gasteiger partial charge is 0.416 e. The number of benzene rings is 1. The van der Waals surface area contributed by atoms with Gasteiger partial charge in [0.15, 0.2) is 0 Å². The molecule has 0 spiro atoms. The number of carbonyl (C=O) groups is 1. The van der Waals surface area contributed by atoms with Crippen LogP contribution < -0.4 is 5.32 Å². The molecule has 0 heterocycles. The summed E-state index contributed by atoms with van der Waals surface area (Å²) in [6, 6.07) is 1.83. The number of hydrogen-bond acceptors (Lipinski definition) is 2. The summed E-state index contributed by atoms with van der Waals surface area (Å²) in [5.74, 6) is -1.33. The maximum Gasteiger partial charge on any atom is 0.416 e. The van der Waals surface area contributed by atoms with Crippen LogP contribution in [0.5, 0.6) is 0 Å². The van der Waals surface area contributed by atoms with Crippen LogP contribution in [0.3, 0.4) is 0 Å². The van der Waals surface area contributed by atoms with Crippen LogP contribution in [0.2, 0.25) is 5.02 Å². The molecule has 0 aliphatic heterocycles. The average Bonchev–Trinajstić information content (AvgIpc) is 2.24. The van der Waals surface area contributed by atoms with Crippen LogP contribution in [-0.4, -0.2) is 17.1 Å². The minimum Gasteiger partial charge on any atom is -0.480 e. The maximum absolute atomic E-state index is 12.4. The lowest BCUT2D eigenvalue weighted by molar-refractivity contribution is -0.139. The van der Waals surface area contributed by atoms with Crippen molar-refractivity contribution in [2.24, 2.45) is 5.92 Å². The molecule has 0 aliphatic carbocycles. The molecule has 0 saturated carbocycles. The molecule has 7 heteroatoms. The Morgan fingerprint density at radius 1 is 1.37 bits per heavy atom. The molecule has 0 amide bonds. The van der Waals surface area contributed by atoms with Gasteiger partial charge >= 0.3 is 12.1 Å². The molecule has 1 aromatic carbocycles. The molecule has 0 aromatic heterocycles. The van der Waals surface area contributed by atoms with Gasteiger partial charge in [0.1, 0.15) is 6.04 Å². The number of hydrogen-bond donors (Lipinski definition) is 2. The Hall–Kier alpha value is -1.43. The van der Waals surface area contributed by atoms with Gasteiger partial charge in [0.2, 0.25) is 0 Å². The first kappa shape index (κ1) is 15.6. The van der Waals surface area contributed by atoms with Gasteiger partial charge < -0.3 is 10.4 Å². The summed E-state index contributed by atoms with van der Waals surface area (Å²) in [5, 5.41) is 11.5. The van der Waals surface area contributed by atoms with E-state index < -0.39 is 23.8 Å². The summed E-state index contributed by atoms with van der Waals surface area (Å²) in [4.78, 5) is 11.0. The lowest BCUT2D eigenvalue weighted by Gasteiger charge is -2.20. The molecule has 0 saturated heterocycles. The van der Waals surface area contributed by atoms with Crippen LogP contribution in [0, 0.1) is 5.92 Å². The van der Waals surface area contributed by atoms with E-state index in [1.54, 1.807) is 13.8 Å². The Morgan fingerprint density at radius 2 is 1.95 bits per heavy atom. The van der Waals surface area contributed by atoms with Crippen molar-refractivity contribution in [1.82, 2.24) is 0 Å². The molecule has 19 heavy (non-hydrogen) atoms. The van der Waals surface area contributed by atoms with Gasteiger partial charge in [0, 0.05) is 0 Å². The number of aliphatic carboxylic acids is 1. The molecule has 0 bridgehead atoms. The molecular formula is C12H13ClF3NO2. The van der Waals surface area contributed by atoms with Gasteiger partial charge in [0.25, 0.3) is 0 Å². The molecule has 1 atom stereocenters. The number of nitrogens with one attached hydrogen (secondary N) is 1. The lowest BCUT2D eigenvalue weighted by Crippen LogP contribution is -2.34. The predicted molar refractivity (Wildman–Crippen MR) is 66.3 cm³/mol. The van der Waals surface area contributed by atoms with Crippen molar-refractivity contribution in [3.8, 4) is 0 Å². The third-order valence-corrected chi connectivity index (χ3v) is 2.85. The van der Waals surface area contributed by atoms with E-state index in [9.17, 15) is 18.0 Å². The first-order chi connectivity index (χ1) is 8.62. The summed E-state index contributed by atoms with van der Waals surface area (Å²) >= 11 is 5.73. The van der Waals surface area contributed by atoms with Gasteiger partial charge in [-0.25, -0.2) is 4.79 Å².